The fourth-order valence-corrected chi connectivity index (χ4v) is 3.64. The van der Waals surface area contributed by atoms with Gasteiger partial charge in [-0.25, -0.2) is 9.50 Å². The van der Waals surface area contributed by atoms with Crippen molar-refractivity contribution >= 4 is 23.2 Å². The van der Waals surface area contributed by atoms with E-state index < -0.39 is 0 Å². The second-order valence-electron chi connectivity index (χ2n) is 6.59. The number of benzene rings is 1. The number of nitrogens with zero attached hydrogens (tertiary/aromatic N) is 3. The van der Waals surface area contributed by atoms with Crippen LogP contribution in [0.5, 0.6) is 0 Å². The van der Waals surface area contributed by atoms with Crippen molar-refractivity contribution < 1.29 is 4.79 Å². The number of carbonyl (C=O) groups excluding carboxylic acids is 1. The van der Waals surface area contributed by atoms with Crippen LogP contribution < -0.4 is 5.56 Å². The van der Waals surface area contributed by atoms with Crippen molar-refractivity contribution in [2.75, 3.05) is 13.1 Å². The second kappa shape index (κ2) is 6.61. The molecular weight excluding hydrogens is 352 g/mol. The summed E-state index contributed by atoms with van der Waals surface area (Å²) in [5.74, 6) is -0.0774. The number of H-pyrrole nitrogens is 1. The number of hydrogen-bond acceptors (Lipinski definition) is 3. The molecular formula is C19H19ClN4O2. The first kappa shape index (κ1) is 16.8. The summed E-state index contributed by atoms with van der Waals surface area (Å²) in [6, 6.07) is 7.44. The zero-order valence-corrected chi connectivity index (χ0v) is 15.2. The van der Waals surface area contributed by atoms with Crippen molar-refractivity contribution in [1.82, 2.24) is 19.5 Å². The first-order valence-electron chi connectivity index (χ1n) is 8.68. The van der Waals surface area contributed by atoms with E-state index in [2.05, 4.69) is 10.1 Å². The summed E-state index contributed by atoms with van der Waals surface area (Å²) in [5.41, 5.74) is 2.68. The van der Waals surface area contributed by atoms with Gasteiger partial charge in [-0.2, -0.15) is 0 Å². The minimum Gasteiger partial charge on any atom is -0.338 e. The van der Waals surface area contributed by atoms with E-state index in [9.17, 15) is 9.59 Å². The number of fused-ring (bicyclic) bond motifs is 1. The van der Waals surface area contributed by atoms with Crippen LogP contribution in [0.25, 0.3) is 5.65 Å². The molecule has 4 rings (SSSR count). The number of aryl methyl sites for hydroxylation is 1. The maximum atomic E-state index is 12.9. The Bertz CT molecular complexity index is 1050. The molecule has 2 aromatic heterocycles. The predicted octanol–water partition coefficient (Wildman–Crippen LogP) is 2.81. The molecule has 1 fully saturated rings. The molecule has 0 spiro atoms. The van der Waals surface area contributed by atoms with Gasteiger partial charge in [0.1, 0.15) is 5.56 Å². The molecule has 7 heteroatoms. The third-order valence-electron chi connectivity index (χ3n) is 4.91. The van der Waals surface area contributed by atoms with Crippen molar-refractivity contribution in [2.24, 2.45) is 0 Å². The number of likely N-dealkylation sites (tertiary alicyclic amines) is 1. The number of aromatic nitrogens is 3. The molecule has 1 aromatic carbocycles. The van der Waals surface area contributed by atoms with E-state index in [0.717, 1.165) is 31.5 Å². The van der Waals surface area contributed by atoms with Crippen molar-refractivity contribution in [3.05, 3.63) is 68.2 Å². The second-order valence-corrected chi connectivity index (χ2v) is 7.00. The molecule has 0 radical (unpaired) electrons. The van der Waals surface area contributed by atoms with E-state index in [-0.39, 0.29) is 11.5 Å². The van der Waals surface area contributed by atoms with E-state index in [0.29, 0.717) is 33.9 Å². The van der Waals surface area contributed by atoms with Gasteiger partial charge in [-0.15, -0.1) is 0 Å². The van der Waals surface area contributed by atoms with Crippen LogP contribution in [-0.2, 0) is 6.42 Å². The third-order valence-corrected chi connectivity index (χ3v) is 5.28. The molecule has 0 bridgehead atoms. The Kier molecular flexibility index (Phi) is 4.28. The van der Waals surface area contributed by atoms with Crippen LogP contribution in [0.15, 0.2) is 35.3 Å². The third kappa shape index (κ3) is 2.80. The van der Waals surface area contributed by atoms with E-state index >= 15 is 0 Å². The van der Waals surface area contributed by atoms with E-state index in [1.807, 2.05) is 23.1 Å². The molecule has 1 amide bonds. The van der Waals surface area contributed by atoms with Gasteiger partial charge in [-0.1, -0.05) is 29.8 Å². The highest BCUT2D eigenvalue weighted by Crippen LogP contribution is 2.20. The van der Waals surface area contributed by atoms with Crippen LogP contribution in [-0.4, -0.2) is 38.5 Å². The molecule has 3 aromatic rings. The average Bonchev–Trinajstić information content (AvgIpc) is 3.29. The van der Waals surface area contributed by atoms with Gasteiger partial charge in [0.05, 0.1) is 0 Å². The van der Waals surface area contributed by atoms with E-state index in [1.54, 1.807) is 19.2 Å². The molecule has 134 valence electrons. The number of halogens is 1. The molecule has 0 atom stereocenters. The van der Waals surface area contributed by atoms with Gasteiger partial charge >= 0.3 is 0 Å². The standard InChI is InChI=1S/C19H19ClN4O2/c1-12-14(10-13-6-2-3-7-16(13)20)19(26)24-17(22-12)15(11-21-24)18(25)23-8-4-5-9-23/h2-3,6-7,11,21H,4-5,8-10H2,1H3. The molecule has 1 aliphatic heterocycles. The van der Waals surface area contributed by atoms with Gasteiger partial charge < -0.3 is 4.90 Å². The quantitative estimate of drug-likeness (QED) is 0.770. The van der Waals surface area contributed by atoms with Crippen molar-refractivity contribution in [3.63, 3.8) is 0 Å². The van der Waals surface area contributed by atoms with Crippen LogP contribution in [0.3, 0.4) is 0 Å². The van der Waals surface area contributed by atoms with Crippen molar-refractivity contribution in [1.29, 1.82) is 0 Å². The first-order valence-corrected chi connectivity index (χ1v) is 9.06. The van der Waals surface area contributed by atoms with Crippen LogP contribution in [0.4, 0.5) is 0 Å². The van der Waals surface area contributed by atoms with Crippen LogP contribution >= 0.6 is 11.6 Å². The minimum absolute atomic E-state index is 0.0774. The Hall–Kier alpha value is -2.60. The van der Waals surface area contributed by atoms with Gasteiger partial charge in [-0.05, 0) is 31.4 Å². The lowest BCUT2D eigenvalue weighted by atomic mass is 10.0. The molecule has 1 N–H and O–H groups in total. The highest BCUT2D eigenvalue weighted by atomic mass is 35.5. The Morgan fingerprint density at radius 1 is 1.27 bits per heavy atom. The van der Waals surface area contributed by atoms with Crippen LogP contribution in [0, 0.1) is 6.92 Å². The largest absolute Gasteiger partial charge is 0.338 e. The zero-order chi connectivity index (χ0) is 18.3. The van der Waals surface area contributed by atoms with Crippen molar-refractivity contribution in [3.8, 4) is 0 Å². The predicted molar refractivity (Wildman–Crippen MR) is 99.9 cm³/mol. The molecule has 3 heterocycles. The molecule has 6 nitrogen and oxygen atoms in total. The van der Waals surface area contributed by atoms with Gasteiger partial charge in [0.15, 0.2) is 5.65 Å². The monoisotopic (exact) mass is 370 g/mol. The smallest absolute Gasteiger partial charge is 0.276 e. The fourth-order valence-electron chi connectivity index (χ4n) is 3.44. The highest BCUT2D eigenvalue weighted by Gasteiger charge is 2.24. The summed E-state index contributed by atoms with van der Waals surface area (Å²) < 4.78 is 1.35. The van der Waals surface area contributed by atoms with Gasteiger partial charge in [0.2, 0.25) is 0 Å². The number of nitrogens with one attached hydrogen (secondary N) is 1. The SMILES string of the molecule is Cc1nc2c(C(=O)N3CCCC3)c[nH]n2c(=O)c1Cc1ccccc1Cl. The van der Waals surface area contributed by atoms with E-state index in [4.69, 9.17) is 11.6 Å². The van der Waals surface area contributed by atoms with Gasteiger partial charge in [0.25, 0.3) is 11.5 Å². The Morgan fingerprint density at radius 2 is 2.00 bits per heavy atom. The van der Waals surface area contributed by atoms with Gasteiger partial charge in [0, 0.05) is 42.0 Å². The molecule has 0 aliphatic carbocycles. The summed E-state index contributed by atoms with van der Waals surface area (Å²) >= 11 is 6.23. The normalized spacial score (nSPS) is 14.3. The molecule has 0 unspecified atom stereocenters. The topological polar surface area (TPSA) is 70.5 Å². The maximum Gasteiger partial charge on any atom is 0.276 e. The van der Waals surface area contributed by atoms with Gasteiger partial charge in [-0.3, -0.25) is 14.7 Å². The Labute approximate surface area is 155 Å². The molecule has 0 saturated carbocycles. The number of rotatable bonds is 3. The summed E-state index contributed by atoms with van der Waals surface area (Å²) in [4.78, 5) is 32.0. The zero-order valence-electron chi connectivity index (χ0n) is 14.5. The summed E-state index contributed by atoms with van der Waals surface area (Å²) in [5, 5.41) is 3.51. The van der Waals surface area contributed by atoms with E-state index in [1.165, 1.54) is 4.52 Å². The maximum absolute atomic E-state index is 12.9. The Morgan fingerprint density at radius 3 is 2.73 bits per heavy atom. The van der Waals surface area contributed by atoms with Crippen LogP contribution in [0.1, 0.15) is 40.0 Å². The molecule has 1 aliphatic rings. The average molecular weight is 371 g/mol. The number of carbonyl (C=O) groups is 1. The minimum atomic E-state index is -0.201. The summed E-state index contributed by atoms with van der Waals surface area (Å²) in [6.07, 6.45) is 4.00. The molecule has 1 saturated heterocycles. The van der Waals surface area contributed by atoms with Crippen molar-refractivity contribution in [2.45, 2.75) is 26.2 Å². The highest BCUT2D eigenvalue weighted by molar-refractivity contribution is 6.31. The number of amides is 1. The number of aromatic amines is 1. The Balaban J connectivity index is 1.77. The lowest BCUT2D eigenvalue weighted by Gasteiger charge is -2.14. The lowest BCUT2D eigenvalue weighted by Crippen LogP contribution is -2.28. The fraction of sp³-hybridized carbons (Fsp3) is 0.316. The van der Waals surface area contributed by atoms with Crippen LogP contribution in [0.2, 0.25) is 5.02 Å². The number of hydrogen-bond donors (Lipinski definition) is 1. The lowest BCUT2D eigenvalue weighted by molar-refractivity contribution is 0.0794. The summed E-state index contributed by atoms with van der Waals surface area (Å²) in [6.45, 7) is 3.30. The molecule has 26 heavy (non-hydrogen) atoms. The first-order chi connectivity index (χ1) is 12.6. The summed E-state index contributed by atoms with van der Waals surface area (Å²) in [7, 11) is 0.